The molecule has 0 saturated heterocycles. The van der Waals surface area contributed by atoms with Crippen molar-refractivity contribution in [1.82, 2.24) is 14.6 Å². The molecule has 21 heavy (non-hydrogen) atoms. The smallest absolute Gasteiger partial charge is 0.240 e. The van der Waals surface area contributed by atoms with Crippen molar-refractivity contribution in [3.05, 3.63) is 47.7 Å². The molecule has 0 amide bonds. The maximum absolute atomic E-state index is 5.63. The number of nitrogens with two attached hydrogens (primary N) is 1. The van der Waals surface area contributed by atoms with Crippen LogP contribution in [-0.4, -0.2) is 21.7 Å². The molecule has 0 bridgehead atoms. The molecule has 0 aliphatic rings. The van der Waals surface area contributed by atoms with Gasteiger partial charge in [0.15, 0.2) is 5.65 Å². The summed E-state index contributed by atoms with van der Waals surface area (Å²) in [4.78, 5) is 4.14. The Morgan fingerprint density at radius 1 is 1.19 bits per heavy atom. The molecule has 2 aromatic heterocycles. The van der Waals surface area contributed by atoms with Gasteiger partial charge in [-0.2, -0.15) is 4.98 Å². The fourth-order valence-corrected chi connectivity index (χ4v) is 2.22. The van der Waals surface area contributed by atoms with E-state index in [1.807, 2.05) is 43.3 Å². The van der Waals surface area contributed by atoms with E-state index in [1.165, 1.54) is 5.56 Å². The van der Waals surface area contributed by atoms with E-state index in [9.17, 15) is 0 Å². The van der Waals surface area contributed by atoms with E-state index in [-0.39, 0.29) is 5.95 Å². The topological polar surface area (TPSA) is 77.5 Å². The van der Waals surface area contributed by atoms with E-state index >= 15 is 0 Å². The van der Waals surface area contributed by atoms with Crippen molar-refractivity contribution < 1.29 is 4.74 Å². The van der Waals surface area contributed by atoms with Crippen molar-refractivity contribution in [1.29, 1.82) is 0 Å². The molecule has 0 unspecified atom stereocenters. The minimum absolute atomic E-state index is 0.283. The molecule has 0 atom stereocenters. The molecule has 3 aromatic rings. The summed E-state index contributed by atoms with van der Waals surface area (Å²) in [7, 11) is 1.66. The van der Waals surface area contributed by atoms with Crippen molar-refractivity contribution in [2.75, 3.05) is 18.2 Å². The number of hydrogen-bond donors (Lipinski definition) is 2. The van der Waals surface area contributed by atoms with Crippen LogP contribution in [0.3, 0.4) is 0 Å². The van der Waals surface area contributed by atoms with Gasteiger partial charge in [0.25, 0.3) is 0 Å². The van der Waals surface area contributed by atoms with Crippen LogP contribution >= 0.6 is 0 Å². The van der Waals surface area contributed by atoms with Crippen LogP contribution in [0.15, 0.2) is 36.4 Å². The zero-order valence-corrected chi connectivity index (χ0v) is 12.0. The van der Waals surface area contributed by atoms with Crippen LogP contribution in [0.4, 0.5) is 11.6 Å². The molecular formula is C15H17N5O. The lowest BCUT2D eigenvalue weighted by Crippen LogP contribution is -2.04. The second-order valence-corrected chi connectivity index (χ2v) is 4.77. The van der Waals surface area contributed by atoms with Gasteiger partial charge < -0.3 is 15.8 Å². The molecule has 0 aliphatic carbocycles. The number of aryl methyl sites for hydroxylation is 1. The van der Waals surface area contributed by atoms with Gasteiger partial charge in [-0.1, -0.05) is 12.1 Å². The molecular weight excluding hydrogens is 266 g/mol. The van der Waals surface area contributed by atoms with Gasteiger partial charge in [-0.3, -0.25) is 0 Å². The van der Waals surface area contributed by atoms with Crippen LogP contribution in [-0.2, 0) is 6.54 Å². The summed E-state index contributed by atoms with van der Waals surface area (Å²) in [6.45, 7) is 2.71. The lowest BCUT2D eigenvalue weighted by atomic mass is 10.2. The van der Waals surface area contributed by atoms with Crippen LogP contribution in [0.25, 0.3) is 5.65 Å². The highest BCUT2D eigenvalue weighted by molar-refractivity contribution is 5.56. The number of methoxy groups -OCH3 is 1. The standard InChI is InChI=1S/C15H17N5O/c1-10-13(7-8-14-18-15(16)19-20(10)14)17-9-11-3-5-12(21-2)6-4-11/h3-8,17H,9H2,1-2H3,(H2,16,19). The maximum atomic E-state index is 5.63. The number of anilines is 2. The number of hydrogen-bond acceptors (Lipinski definition) is 5. The molecule has 6 nitrogen and oxygen atoms in total. The maximum Gasteiger partial charge on any atom is 0.240 e. The SMILES string of the molecule is COc1ccc(CNc2ccc3nc(N)nn3c2C)cc1. The highest BCUT2D eigenvalue weighted by Gasteiger charge is 2.06. The largest absolute Gasteiger partial charge is 0.497 e. The van der Waals surface area contributed by atoms with E-state index in [4.69, 9.17) is 10.5 Å². The van der Waals surface area contributed by atoms with Crippen molar-refractivity contribution in [3.63, 3.8) is 0 Å². The summed E-state index contributed by atoms with van der Waals surface area (Å²) in [6.07, 6.45) is 0. The van der Waals surface area contributed by atoms with E-state index in [0.717, 1.165) is 29.3 Å². The second-order valence-electron chi connectivity index (χ2n) is 4.77. The first-order valence-corrected chi connectivity index (χ1v) is 6.66. The first-order chi connectivity index (χ1) is 10.2. The van der Waals surface area contributed by atoms with E-state index in [2.05, 4.69) is 15.4 Å². The minimum atomic E-state index is 0.283. The summed E-state index contributed by atoms with van der Waals surface area (Å²) in [5.41, 5.74) is 9.53. The monoisotopic (exact) mass is 283 g/mol. The van der Waals surface area contributed by atoms with Crippen LogP contribution < -0.4 is 15.8 Å². The van der Waals surface area contributed by atoms with Crippen LogP contribution in [0, 0.1) is 6.92 Å². The molecule has 0 saturated carbocycles. The summed E-state index contributed by atoms with van der Waals surface area (Å²) >= 11 is 0. The summed E-state index contributed by atoms with van der Waals surface area (Å²) < 4.78 is 6.89. The molecule has 108 valence electrons. The molecule has 1 aromatic carbocycles. The highest BCUT2D eigenvalue weighted by atomic mass is 16.5. The fraction of sp³-hybridized carbons (Fsp3) is 0.200. The van der Waals surface area contributed by atoms with Crippen molar-refractivity contribution in [2.24, 2.45) is 0 Å². The highest BCUT2D eigenvalue weighted by Crippen LogP contribution is 2.18. The summed E-state index contributed by atoms with van der Waals surface area (Å²) in [5, 5.41) is 7.58. The zero-order chi connectivity index (χ0) is 14.8. The minimum Gasteiger partial charge on any atom is -0.497 e. The van der Waals surface area contributed by atoms with Crippen molar-refractivity contribution in [3.8, 4) is 5.75 Å². The lowest BCUT2D eigenvalue weighted by Gasteiger charge is -2.10. The fourth-order valence-electron chi connectivity index (χ4n) is 2.22. The Labute approximate surface area is 122 Å². The van der Waals surface area contributed by atoms with Gasteiger partial charge in [-0.15, -0.1) is 5.10 Å². The van der Waals surface area contributed by atoms with Crippen LogP contribution in [0.2, 0.25) is 0 Å². The quantitative estimate of drug-likeness (QED) is 0.768. The van der Waals surface area contributed by atoms with Gasteiger partial charge in [-0.25, -0.2) is 4.52 Å². The molecule has 0 radical (unpaired) electrons. The molecule has 3 N–H and O–H groups in total. The van der Waals surface area contributed by atoms with Gasteiger partial charge in [0.05, 0.1) is 18.5 Å². The number of rotatable bonds is 4. The Morgan fingerprint density at radius 3 is 2.67 bits per heavy atom. The van der Waals surface area contributed by atoms with Gasteiger partial charge in [0.1, 0.15) is 5.75 Å². The lowest BCUT2D eigenvalue weighted by molar-refractivity contribution is 0.414. The van der Waals surface area contributed by atoms with Crippen molar-refractivity contribution in [2.45, 2.75) is 13.5 Å². The number of nitrogens with zero attached hydrogens (tertiary/aromatic N) is 3. The third kappa shape index (κ3) is 2.60. The van der Waals surface area contributed by atoms with E-state index in [0.29, 0.717) is 0 Å². The zero-order valence-electron chi connectivity index (χ0n) is 12.0. The van der Waals surface area contributed by atoms with Gasteiger partial charge in [-0.05, 0) is 36.8 Å². The van der Waals surface area contributed by atoms with Gasteiger partial charge in [0.2, 0.25) is 5.95 Å². The second kappa shape index (κ2) is 5.32. The molecule has 6 heteroatoms. The number of pyridine rings is 1. The Kier molecular flexibility index (Phi) is 3.35. The molecule has 2 heterocycles. The molecule has 3 rings (SSSR count). The summed E-state index contributed by atoms with van der Waals surface area (Å²) in [5.74, 6) is 1.14. The Morgan fingerprint density at radius 2 is 1.95 bits per heavy atom. The number of nitrogens with one attached hydrogen (secondary N) is 1. The number of benzene rings is 1. The molecule has 0 spiro atoms. The van der Waals surface area contributed by atoms with Gasteiger partial charge in [0, 0.05) is 6.54 Å². The number of fused-ring (bicyclic) bond motifs is 1. The average molecular weight is 283 g/mol. The average Bonchev–Trinajstić information content (AvgIpc) is 2.89. The third-order valence-electron chi connectivity index (χ3n) is 3.40. The first kappa shape index (κ1) is 13.2. The van der Waals surface area contributed by atoms with Gasteiger partial charge >= 0.3 is 0 Å². The number of nitrogen functional groups attached to an aromatic ring is 1. The Hall–Kier alpha value is -2.76. The Bertz CT molecular complexity index is 764. The van der Waals surface area contributed by atoms with Crippen LogP contribution in [0.1, 0.15) is 11.3 Å². The predicted octanol–water partition coefficient (Wildman–Crippen LogP) is 2.24. The summed E-state index contributed by atoms with van der Waals surface area (Å²) in [6, 6.07) is 11.9. The molecule has 0 fully saturated rings. The third-order valence-corrected chi connectivity index (χ3v) is 3.40. The van der Waals surface area contributed by atoms with E-state index < -0.39 is 0 Å². The van der Waals surface area contributed by atoms with Crippen LogP contribution in [0.5, 0.6) is 5.75 Å². The van der Waals surface area contributed by atoms with Crippen molar-refractivity contribution >= 4 is 17.3 Å². The normalized spacial score (nSPS) is 10.8. The van der Waals surface area contributed by atoms with E-state index in [1.54, 1.807) is 11.6 Å². The number of ether oxygens (including phenoxy) is 1. The molecule has 0 aliphatic heterocycles. The predicted molar refractivity (Wildman–Crippen MR) is 82.5 cm³/mol. The number of aromatic nitrogens is 3. The Balaban J connectivity index is 1.79. The first-order valence-electron chi connectivity index (χ1n) is 6.66.